The Morgan fingerprint density at radius 1 is 1.21 bits per heavy atom. The van der Waals surface area contributed by atoms with Gasteiger partial charge < -0.3 is 15.5 Å². The molecule has 1 unspecified atom stereocenters. The number of carbonyl (C=O) groups excluding carboxylic acids is 1. The highest BCUT2D eigenvalue weighted by atomic mass is 35.5. The molecule has 24 heavy (non-hydrogen) atoms. The van der Waals surface area contributed by atoms with E-state index in [9.17, 15) is 4.79 Å². The average molecular weight is 347 g/mol. The van der Waals surface area contributed by atoms with Crippen LogP contribution in [0.15, 0.2) is 42.6 Å². The number of likely N-dealkylation sites (N-methyl/N-ethyl adjacent to an activating group) is 1. The number of amides is 1. The summed E-state index contributed by atoms with van der Waals surface area (Å²) in [6, 6.07) is 11.6. The fourth-order valence-corrected chi connectivity index (χ4v) is 2.51. The number of carbonyl (C=O) groups is 1. The summed E-state index contributed by atoms with van der Waals surface area (Å²) >= 11 is 5.96. The lowest BCUT2D eigenvalue weighted by atomic mass is 10.1. The topological polar surface area (TPSA) is 57.3 Å². The largest absolute Gasteiger partial charge is 0.368 e. The summed E-state index contributed by atoms with van der Waals surface area (Å²) in [4.78, 5) is 18.2. The van der Waals surface area contributed by atoms with Crippen molar-refractivity contribution in [2.75, 3.05) is 32.5 Å². The normalized spacial score (nSPS) is 12.0. The van der Waals surface area contributed by atoms with E-state index < -0.39 is 0 Å². The molecule has 2 rings (SSSR count). The van der Waals surface area contributed by atoms with Crippen LogP contribution in [0, 0.1) is 0 Å². The number of nitrogens with one attached hydrogen (secondary N) is 2. The van der Waals surface area contributed by atoms with E-state index in [2.05, 4.69) is 20.5 Å². The Labute approximate surface area is 148 Å². The van der Waals surface area contributed by atoms with Crippen LogP contribution < -0.4 is 10.6 Å². The van der Waals surface area contributed by atoms with Gasteiger partial charge in [-0.1, -0.05) is 23.7 Å². The van der Waals surface area contributed by atoms with Gasteiger partial charge in [0.05, 0.1) is 11.6 Å². The summed E-state index contributed by atoms with van der Waals surface area (Å²) < 4.78 is 0. The molecule has 0 spiro atoms. The summed E-state index contributed by atoms with van der Waals surface area (Å²) in [5, 5.41) is 6.80. The lowest BCUT2D eigenvalue weighted by Crippen LogP contribution is -2.27. The van der Waals surface area contributed by atoms with Crippen LogP contribution in [-0.4, -0.2) is 43.0 Å². The van der Waals surface area contributed by atoms with Crippen LogP contribution in [-0.2, 0) is 0 Å². The van der Waals surface area contributed by atoms with Gasteiger partial charge in [-0.25, -0.2) is 4.98 Å². The van der Waals surface area contributed by atoms with Crippen LogP contribution in [0.5, 0.6) is 0 Å². The molecule has 0 bridgehead atoms. The number of halogens is 1. The Balaban J connectivity index is 2.01. The molecular weight excluding hydrogens is 324 g/mol. The Hall–Kier alpha value is -2.11. The molecule has 1 aromatic heterocycles. The van der Waals surface area contributed by atoms with Gasteiger partial charge in [0.15, 0.2) is 0 Å². The third-order valence-corrected chi connectivity index (χ3v) is 3.97. The quantitative estimate of drug-likeness (QED) is 0.808. The van der Waals surface area contributed by atoms with Gasteiger partial charge in [-0.2, -0.15) is 0 Å². The zero-order valence-electron chi connectivity index (χ0n) is 14.2. The Morgan fingerprint density at radius 3 is 2.46 bits per heavy atom. The SMILES string of the molecule is CCNC(=O)c1ccc(NCC(c2ccc(Cl)cc2)N(C)C)nc1. The number of pyridine rings is 1. The molecular formula is C18H23ClN4O. The summed E-state index contributed by atoms with van der Waals surface area (Å²) in [7, 11) is 4.07. The predicted octanol–water partition coefficient (Wildman–Crippen LogP) is 3.20. The number of aromatic nitrogens is 1. The van der Waals surface area contributed by atoms with E-state index in [-0.39, 0.29) is 11.9 Å². The van der Waals surface area contributed by atoms with Crippen molar-refractivity contribution < 1.29 is 4.79 Å². The smallest absolute Gasteiger partial charge is 0.252 e. The summed E-state index contributed by atoms with van der Waals surface area (Å²) in [5.41, 5.74) is 1.74. The van der Waals surface area contributed by atoms with Gasteiger partial charge in [0.2, 0.25) is 0 Å². The number of nitrogens with zero attached hydrogens (tertiary/aromatic N) is 2. The molecule has 0 saturated carbocycles. The molecule has 1 amide bonds. The van der Waals surface area contributed by atoms with Gasteiger partial charge in [-0.3, -0.25) is 4.79 Å². The lowest BCUT2D eigenvalue weighted by Gasteiger charge is -2.25. The summed E-state index contributed by atoms with van der Waals surface area (Å²) in [6.45, 7) is 3.19. The molecule has 1 aromatic carbocycles. The van der Waals surface area contributed by atoms with Gasteiger partial charge in [0, 0.05) is 24.3 Å². The molecule has 0 aliphatic rings. The molecule has 0 aliphatic heterocycles. The van der Waals surface area contributed by atoms with Crippen LogP contribution in [0.4, 0.5) is 5.82 Å². The fourth-order valence-electron chi connectivity index (χ4n) is 2.38. The monoisotopic (exact) mass is 346 g/mol. The van der Waals surface area contributed by atoms with Crippen LogP contribution in [0.2, 0.25) is 5.02 Å². The van der Waals surface area contributed by atoms with Gasteiger partial charge in [-0.15, -0.1) is 0 Å². The first-order chi connectivity index (χ1) is 11.5. The molecule has 2 aromatic rings. The van der Waals surface area contributed by atoms with Crippen molar-refractivity contribution in [3.05, 3.63) is 58.7 Å². The zero-order chi connectivity index (χ0) is 17.5. The van der Waals surface area contributed by atoms with E-state index in [1.54, 1.807) is 12.3 Å². The van der Waals surface area contributed by atoms with E-state index in [0.717, 1.165) is 10.8 Å². The fraction of sp³-hybridized carbons (Fsp3) is 0.333. The van der Waals surface area contributed by atoms with E-state index >= 15 is 0 Å². The van der Waals surface area contributed by atoms with Crippen molar-refractivity contribution in [2.24, 2.45) is 0 Å². The van der Waals surface area contributed by atoms with Crippen LogP contribution in [0.25, 0.3) is 0 Å². The predicted molar refractivity (Wildman–Crippen MR) is 98.6 cm³/mol. The number of hydrogen-bond donors (Lipinski definition) is 2. The van der Waals surface area contributed by atoms with Gasteiger partial charge in [0.1, 0.15) is 5.82 Å². The molecule has 5 nitrogen and oxygen atoms in total. The van der Waals surface area contributed by atoms with Crippen molar-refractivity contribution in [2.45, 2.75) is 13.0 Å². The molecule has 2 N–H and O–H groups in total. The number of anilines is 1. The molecule has 1 atom stereocenters. The Kier molecular flexibility index (Phi) is 6.58. The van der Waals surface area contributed by atoms with Crippen molar-refractivity contribution >= 4 is 23.3 Å². The maximum atomic E-state index is 11.7. The van der Waals surface area contributed by atoms with Gasteiger partial charge >= 0.3 is 0 Å². The van der Waals surface area contributed by atoms with E-state index in [1.165, 1.54) is 5.56 Å². The minimum absolute atomic E-state index is 0.108. The lowest BCUT2D eigenvalue weighted by molar-refractivity contribution is 0.0955. The highest BCUT2D eigenvalue weighted by Gasteiger charge is 2.14. The molecule has 128 valence electrons. The van der Waals surface area contributed by atoms with Gasteiger partial charge in [0.25, 0.3) is 5.91 Å². The average Bonchev–Trinajstić information content (AvgIpc) is 2.57. The Morgan fingerprint density at radius 2 is 1.92 bits per heavy atom. The molecule has 0 saturated heterocycles. The summed E-state index contributed by atoms with van der Waals surface area (Å²) in [6.07, 6.45) is 1.58. The third kappa shape index (κ3) is 4.94. The molecule has 0 fully saturated rings. The maximum Gasteiger partial charge on any atom is 0.252 e. The van der Waals surface area contributed by atoms with E-state index in [0.29, 0.717) is 18.7 Å². The van der Waals surface area contributed by atoms with Crippen molar-refractivity contribution in [3.8, 4) is 0 Å². The maximum absolute atomic E-state index is 11.7. The second kappa shape index (κ2) is 8.66. The van der Waals surface area contributed by atoms with Crippen LogP contribution in [0.3, 0.4) is 0 Å². The molecule has 0 aliphatic carbocycles. The Bertz CT molecular complexity index is 656. The molecule has 6 heteroatoms. The van der Waals surface area contributed by atoms with E-state index in [1.807, 2.05) is 51.4 Å². The summed E-state index contributed by atoms with van der Waals surface area (Å²) in [5.74, 6) is 0.632. The van der Waals surface area contributed by atoms with Crippen molar-refractivity contribution in [1.29, 1.82) is 0 Å². The van der Waals surface area contributed by atoms with E-state index in [4.69, 9.17) is 11.6 Å². The van der Waals surface area contributed by atoms with Crippen molar-refractivity contribution in [3.63, 3.8) is 0 Å². The van der Waals surface area contributed by atoms with Crippen LogP contribution in [0.1, 0.15) is 28.9 Å². The number of benzene rings is 1. The first kappa shape index (κ1) is 18.2. The minimum Gasteiger partial charge on any atom is -0.368 e. The molecule has 0 radical (unpaired) electrons. The third-order valence-electron chi connectivity index (χ3n) is 3.72. The first-order valence-corrected chi connectivity index (χ1v) is 8.29. The highest BCUT2D eigenvalue weighted by molar-refractivity contribution is 6.30. The van der Waals surface area contributed by atoms with Gasteiger partial charge in [-0.05, 0) is 50.8 Å². The second-order valence-electron chi connectivity index (χ2n) is 5.70. The number of hydrogen-bond acceptors (Lipinski definition) is 4. The second-order valence-corrected chi connectivity index (χ2v) is 6.14. The van der Waals surface area contributed by atoms with Crippen LogP contribution >= 0.6 is 11.6 Å². The zero-order valence-corrected chi connectivity index (χ0v) is 15.0. The highest BCUT2D eigenvalue weighted by Crippen LogP contribution is 2.21. The standard InChI is InChI=1S/C18H23ClN4O/c1-4-20-18(24)14-7-10-17(21-11-14)22-12-16(23(2)3)13-5-8-15(19)9-6-13/h5-11,16H,4,12H2,1-3H3,(H,20,24)(H,21,22). The molecule has 1 heterocycles. The van der Waals surface area contributed by atoms with Crippen molar-refractivity contribution in [1.82, 2.24) is 15.2 Å². The first-order valence-electron chi connectivity index (χ1n) is 7.91. The number of rotatable bonds is 7. The minimum atomic E-state index is -0.108.